The van der Waals surface area contributed by atoms with Crippen molar-refractivity contribution in [1.29, 1.82) is 0 Å². The van der Waals surface area contributed by atoms with Gasteiger partial charge in [-0.1, -0.05) is 116 Å². The molecule has 3 heterocycles. The van der Waals surface area contributed by atoms with Gasteiger partial charge in [0.25, 0.3) is 0 Å². The number of aryl methyl sites for hydroxylation is 1. The van der Waals surface area contributed by atoms with Crippen molar-refractivity contribution in [1.82, 2.24) is 10.3 Å². The molecule has 220 valence electrons. The zero-order chi connectivity index (χ0) is 29.9. The predicted octanol–water partition coefficient (Wildman–Crippen LogP) is 9.28. The Kier molecular flexibility index (Phi) is 6.52. The summed E-state index contributed by atoms with van der Waals surface area (Å²) in [7, 11) is 0. The number of pyridine rings is 1. The number of thioether (sulfide) groups is 1. The number of hydrogen-bond acceptors (Lipinski definition) is 4. The van der Waals surface area contributed by atoms with Gasteiger partial charge in [0, 0.05) is 41.0 Å². The molecule has 4 heteroatoms. The molecule has 6 unspecified atom stereocenters. The summed E-state index contributed by atoms with van der Waals surface area (Å²) in [6.07, 6.45) is 22.1. The molecule has 0 fully saturated rings. The van der Waals surface area contributed by atoms with Gasteiger partial charge in [0.1, 0.15) is 6.17 Å². The molecule has 3 aromatic carbocycles. The van der Waals surface area contributed by atoms with Crippen LogP contribution in [0.4, 0.5) is 0 Å². The summed E-state index contributed by atoms with van der Waals surface area (Å²) in [5.74, 6) is 1.21. The number of benzene rings is 3. The van der Waals surface area contributed by atoms with Gasteiger partial charge in [-0.15, -0.1) is 0 Å². The van der Waals surface area contributed by atoms with E-state index < -0.39 is 0 Å². The number of nitrogens with zero attached hydrogens (tertiary/aromatic N) is 2. The first-order chi connectivity index (χ1) is 22.2. The third kappa shape index (κ3) is 4.57. The number of fused-ring (bicyclic) bond motifs is 6. The number of aliphatic imine (C=N–C) groups is 1. The normalized spacial score (nSPS) is 27.9. The minimum absolute atomic E-state index is 0.0181. The number of nitrogens with one attached hydrogen (secondary N) is 1. The van der Waals surface area contributed by atoms with E-state index in [2.05, 4.69) is 133 Å². The van der Waals surface area contributed by atoms with Crippen molar-refractivity contribution in [2.24, 2.45) is 22.7 Å². The number of allylic oxidation sites excluding steroid dienone is 8. The van der Waals surface area contributed by atoms with E-state index in [1.54, 1.807) is 0 Å². The molecule has 3 aliphatic carbocycles. The summed E-state index contributed by atoms with van der Waals surface area (Å²) in [5.41, 5.74) is 10.7. The van der Waals surface area contributed by atoms with Gasteiger partial charge < -0.3 is 5.32 Å². The molecule has 5 aliphatic rings. The van der Waals surface area contributed by atoms with Crippen LogP contribution in [0.25, 0.3) is 27.5 Å². The van der Waals surface area contributed by atoms with E-state index in [1.807, 2.05) is 24.2 Å². The lowest BCUT2D eigenvalue weighted by molar-refractivity contribution is 0.456. The molecule has 0 spiro atoms. The van der Waals surface area contributed by atoms with Crippen LogP contribution < -0.4 is 5.32 Å². The van der Waals surface area contributed by atoms with Crippen molar-refractivity contribution in [3.8, 4) is 11.1 Å². The fourth-order valence-electron chi connectivity index (χ4n) is 8.01. The average Bonchev–Trinajstić information content (AvgIpc) is 3.38. The monoisotopic (exact) mass is 601 g/mol. The third-order valence-electron chi connectivity index (χ3n) is 10.3. The summed E-state index contributed by atoms with van der Waals surface area (Å²) >= 11 is 1.99. The van der Waals surface area contributed by atoms with Crippen LogP contribution in [0.3, 0.4) is 0 Å². The summed E-state index contributed by atoms with van der Waals surface area (Å²) in [4.78, 5) is 10.0. The highest BCUT2D eigenvalue weighted by Gasteiger charge is 2.44. The standard InChI is InChI=1S/C41H35N3S/c1-25-8-2-5-11-31(25)39-38-36-24-29(26-18-20-42-21-19-26)15-17-37(36)45-41(38)44-40(43-39)34-16-14-30-22-27-9-3-4-10-28(27)23-35(30)33-13-7-6-12-32(33)34/h2-13,15,17-25,31,34,36-37,40,44H,14,16H2,1H3. The van der Waals surface area contributed by atoms with Gasteiger partial charge in [0.2, 0.25) is 0 Å². The summed E-state index contributed by atoms with van der Waals surface area (Å²) in [6.45, 7) is 2.34. The smallest absolute Gasteiger partial charge is 0.126 e. The second kappa shape index (κ2) is 10.9. The minimum atomic E-state index is -0.0181. The van der Waals surface area contributed by atoms with Gasteiger partial charge in [-0.2, -0.15) is 0 Å². The van der Waals surface area contributed by atoms with Crippen LogP contribution in [0.5, 0.6) is 0 Å². The van der Waals surface area contributed by atoms with Crippen LogP contribution in [0.1, 0.15) is 36.0 Å². The Morgan fingerprint density at radius 1 is 0.822 bits per heavy atom. The first-order valence-electron chi connectivity index (χ1n) is 16.2. The Balaban J connectivity index is 1.14. The Morgan fingerprint density at radius 2 is 1.62 bits per heavy atom. The molecule has 2 aliphatic heterocycles. The van der Waals surface area contributed by atoms with E-state index in [0.717, 1.165) is 12.8 Å². The third-order valence-corrected chi connectivity index (χ3v) is 11.6. The summed E-state index contributed by atoms with van der Waals surface area (Å²) < 4.78 is 0. The fourth-order valence-corrected chi connectivity index (χ4v) is 9.36. The molecular weight excluding hydrogens is 567 g/mol. The minimum Gasteiger partial charge on any atom is -0.358 e. The molecule has 1 aromatic heterocycles. The van der Waals surface area contributed by atoms with Crippen molar-refractivity contribution >= 4 is 33.8 Å². The first kappa shape index (κ1) is 26.9. The SMILES string of the molecule is CC1C=CC=CC1C1=NC(C2CCc3cc4ccccc4cc3-c3ccccc32)NC2=C1C1C=C(c3ccncc3)C=CC1S2. The van der Waals surface area contributed by atoms with Crippen molar-refractivity contribution in [2.75, 3.05) is 0 Å². The lowest BCUT2D eigenvalue weighted by Gasteiger charge is -2.35. The number of aromatic nitrogens is 1. The van der Waals surface area contributed by atoms with E-state index in [-0.39, 0.29) is 23.9 Å². The van der Waals surface area contributed by atoms with Gasteiger partial charge in [-0.05, 0) is 81.1 Å². The maximum absolute atomic E-state index is 5.76. The van der Waals surface area contributed by atoms with E-state index >= 15 is 0 Å². The molecular formula is C41H35N3S. The molecule has 45 heavy (non-hydrogen) atoms. The van der Waals surface area contributed by atoms with Crippen LogP contribution in [-0.2, 0) is 6.42 Å². The molecule has 0 saturated heterocycles. The predicted molar refractivity (Wildman–Crippen MR) is 189 cm³/mol. The van der Waals surface area contributed by atoms with E-state index in [0.29, 0.717) is 11.2 Å². The zero-order valence-corrected chi connectivity index (χ0v) is 26.1. The van der Waals surface area contributed by atoms with Crippen LogP contribution in [0.15, 0.2) is 143 Å². The molecule has 3 nitrogen and oxygen atoms in total. The second-order valence-corrected chi connectivity index (χ2v) is 14.1. The highest BCUT2D eigenvalue weighted by molar-refractivity contribution is 8.04. The Bertz CT molecular complexity index is 2010. The largest absolute Gasteiger partial charge is 0.358 e. The van der Waals surface area contributed by atoms with Crippen LogP contribution in [0, 0.1) is 17.8 Å². The first-order valence-corrected chi connectivity index (χ1v) is 17.1. The molecule has 1 N–H and O–H groups in total. The molecule has 0 radical (unpaired) electrons. The maximum Gasteiger partial charge on any atom is 0.126 e. The molecule has 6 atom stereocenters. The fraction of sp³-hybridized carbons (Fsp3) is 0.220. The van der Waals surface area contributed by atoms with Gasteiger partial charge in [-0.25, -0.2) is 0 Å². The molecule has 0 amide bonds. The quantitative estimate of drug-likeness (QED) is 0.254. The van der Waals surface area contributed by atoms with Crippen molar-refractivity contribution in [3.05, 3.63) is 155 Å². The number of hydrogen-bond donors (Lipinski definition) is 1. The lowest BCUT2D eigenvalue weighted by Crippen LogP contribution is -2.40. The van der Waals surface area contributed by atoms with Gasteiger partial charge in [-0.3, -0.25) is 9.98 Å². The van der Waals surface area contributed by atoms with Crippen molar-refractivity contribution < 1.29 is 0 Å². The van der Waals surface area contributed by atoms with Gasteiger partial charge >= 0.3 is 0 Å². The van der Waals surface area contributed by atoms with E-state index in [1.165, 1.54) is 60.5 Å². The van der Waals surface area contributed by atoms with Crippen LogP contribution in [-0.4, -0.2) is 22.1 Å². The molecule has 0 bridgehead atoms. The van der Waals surface area contributed by atoms with Gasteiger partial charge in [0.15, 0.2) is 0 Å². The van der Waals surface area contributed by atoms with Crippen molar-refractivity contribution in [2.45, 2.75) is 37.1 Å². The highest BCUT2D eigenvalue weighted by atomic mass is 32.2. The molecule has 0 saturated carbocycles. The second-order valence-electron chi connectivity index (χ2n) is 12.9. The summed E-state index contributed by atoms with van der Waals surface area (Å²) in [5, 5.41) is 8.36. The van der Waals surface area contributed by atoms with E-state index in [4.69, 9.17) is 4.99 Å². The summed E-state index contributed by atoms with van der Waals surface area (Å²) in [6, 6.07) is 26.9. The maximum atomic E-state index is 5.76. The van der Waals surface area contributed by atoms with E-state index in [9.17, 15) is 0 Å². The van der Waals surface area contributed by atoms with Gasteiger partial charge in [0.05, 0.1) is 10.7 Å². The lowest BCUT2D eigenvalue weighted by atomic mass is 9.76. The van der Waals surface area contributed by atoms with Crippen LogP contribution >= 0.6 is 11.8 Å². The Hall–Kier alpha value is -4.41. The zero-order valence-electron chi connectivity index (χ0n) is 25.3. The Labute approximate surface area is 269 Å². The topological polar surface area (TPSA) is 37.3 Å². The average molecular weight is 602 g/mol. The number of rotatable bonds is 3. The molecule has 4 aromatic rings. The van der Waals surface area contributed by atoms with Crippen LogP contribution in [0.2, 0.25) is 0 Å². The molecule has 9 rings (SSSR count). The van der Waals surface area contributed by atoms with Crippen molar-refractivity contribution in [3.63, 3.8) is 0 Å². The highest BCUT2D eigenvalue weighted by Crippen LogP contribution is 2.51. The Morgan fingerprint density at radius 3 is 2.49 bits per heavy atom.